The molecule has 0 amide bonds. The number of pyridine rings is 2. The Morgan fingerprint density at radius 1 is 0.955 bits per heavy atom. The molecular weight excluding hydrogens is 586 g/mol. The number of anilines is 4. The molecular formula is C32H34F2N6O3S. The van der Waals surface area contributed by atoms with Crippen LogP contribution in [-0.2, 0) is 14.8 Å². The van der Waals surface area contributed by atoms with Crippen molar-refractivity contribution in [2.75, 3.05) is 73.4 Å². The van der Waals surface area contributed by atoms with Crippen molar-refractivity contribution in [3.63, 3.8) is 0 Å². The third-order valence-corrected chi connectivity index (χ3v) is 9.73. The van der Waals surface area contributed by atoms with Gasteiger partial charge in [-0.3, -0.25) is 4.98 Å². The van der Waals surface area contributed by atoms with E-state index in [9.17, 15) is 12.8 Å². The van der Waals surface area contributed by atoms with E-state index in [-0.39, 0.29) is 17.4 Å². The van der Waals surface area contributed by atoms with E-state index in [0.29, 0.717) is 61.8 Å². The van der Waals surface area contributed by atoms with Gasteiger partial charge in [-0.15, -0.1) is 0 Å². The minimum Gasteiger partial charge on any atom is -0.378 e. The van der Waals surface area contributed by atoms with Gasteiger partial charge in [-0.25, -0.2) is 22.2 Å². The SMILES string of the molecule is Cc1c(N2CCN(S(=O)(=O)CC=Cc3ccc(F)cc3)CC2)nc2cccc(F)c2c1Nc1cncc(N2CCOCC2)c1. The summed E-state index contributed by atoms with van der Waals surface area (Å²) in [5, 5.41) is 3.81. The van der Waals surface area contributed by atoms with Gasteiger partial charge in [-0.1, -0.05) is 30.4 Å². The lowest BCUT2D eigenvalue weighted by Gasteiger charge is -2.35. The van der Waals surface area contributed by atoms with E-state index in [1.165, 1.54) is 22.5 Å². The van der Waals surface area contributed by atoms with Crippen LogP contribution in [0, 0.1) is 18.6 Å². The van der Waals surface area contributed by atoms with Crippen molar-refractivity contribution in [1.29, 1.82) is 0 Å². The summed E-state index contributed by atoms with van der Waals surface area (Å²) in [6.45, 7) is 6.21. The van der Waals surface area contributed by atoms with E-state index in [1.54, 1.807) is 42.6 Å². The summed E-state index contributed by atoms with van der Waals surface area (Å²) in [7, 11) is -3.54. The van der Waals surface area contributed by atoms with Crippen LogP contribution < -0.4 is 15.1 Å². The highest BCUT2D eigenvalue weighted by Crippen LogP contribution is 2.37. The van der Waals surface area contributed by atoms with Crippen LogP contribution >= 0.6 is 0 Å². The highest BCUT2D eigenvalue weighted by molar-refractivity contribution is 7.89. The van der Waals surface area contributed by atoms with Crippen LogP contribution in [0.4, 0.5) is 31.7 Å². The topological polar surface area (TPSA) is 90.9 Å². The normalized spacial score (nSPS) is 16.6. The molecule has 6 rings (SSSR count). The van der Waals surface area contributed by atoms with E-state index in [1.807, 2.05) is 24.1 Å². The van der Waals surface area contributed by atoms with Gasteiger partial charge < -0.3 is 19.9 Å². The summed E-state index contributed by atoms with van der Waals surface area (Å²) < 4.78 is 61.5. The number of ether oxygens (including phenoxy) is 1. The summed E-state index contributed by atoms with van der Waals surface area (Å²) >= 11 is 0. The average molecular weight is 621 g/mol. The lowest BCUT2D eigenvalue weighted by atomic mass is 10.1. The Balaban J connectivity index is 1.21. The number of morpholine rings is 1. The zero-order valence-electron chi connectivity index (χ0n) is 24.4. The molecule has 2 fully saturated rings. The number of halogens is 2. The van der Waals surface area contributed by atoms with Crippen molar-refractivity contribution in [3.8, 4) is 0 Å². The summed E-state index contributed by atoms with van der Waals surface area (Å²) in [5.74, 6) is -0.195. The predicted molar refractivity (Wildman–Crippen MR) is 170 cm³/mol. The van der Waals surface area contributed by atoms with Crippen LogP contribution in [0.5, 0.6) is 0 Å². The summed E-state index contributed by atoms with van der Waals surface area (Å²) in [6.07, 6.45) is 6.78. The summed E-state index contributed by atoms with van der Waals surface area (Å²) in [5.41, 5.74) is 4.28. The molecule has 0 atom stereocenters. The Kier molecular flexibility index (Phi) is 8.74. The number of aromatic nitrogens is 2. The quantitative estimate of drug-likeness (QED) is 0.296. The van der Waals surface area contributed by atoms with Crippen LogP contribution in [0.1, 0.15) is 11.1 Å². The maximum absolute atomic E-state index is 15.3. The Labute approximate surface area is 255 Å². The Morgan fingerprint density at radius 3 is 2.45 bits per heavy atom. The molecule has 2 aliphatic rings. The maximum Gasteiger partial charge on any atom is 0.217 e. The second-order valence-corrected chi connectivity index (χ2v) is 12.9. The van der Waals surface area contributed by atoms with Gasteiger partial charge in [0.05, 0.1) is 59.3 Å². The van der Waals surface area contributed by atoms with Crippen molar-refractivity contribution < 1.29 is 21.9 Å². The van der Waals surface area contributed by atoms with Crippen molar-refractivity contribution in [2.24, 2.45) is 0 Å². The predicted octanol–water partition coefficient (Wildman–Crippen LogP) is 4.96. The molecule has 230 valence electrons. The van der Waals surface area contributed by atoms with Crippen molar-refractivity contribution in [2.45, 2.75) is 6.92 Å². The molecule has 0 aliphatic carbocycles. The molecule has 0 saturated carbocycles. The number of hydrogen-bond acceptors (Lipinski definition) is 8. The Morgan fingerprint density at radius 2 is 1.70 bits per heavy atom. The van der Waals surface area contributed by atoms with E-state index < -0.39 is 10.0 Å². The fourth-order valence-corrected chi connectivity index (χ4v) is 6.88. The van der Waals surface area contributed by atoms with Gasteiger partial charge in [0.15, 0.2) is 0 Å². The zero-order valence-corrected chi connectivity index (χ0v) is 25.2. The standard InChI is InChI=1S/C32H34F2N6O3S/c1-23-31(36-26-20-27(22-35-21-26)38-15-17-43-18-16-38)30-28(34)5-2-6-29(30)37-32(23)39-11-13-40(14-12-39)44(41,42)19-3-4-24-7-9-25(33)10-8-24/h2-10,20-22H,11-19H2,1H3,(H,36,37). The molecule has 44 heavy (non-hydrogen) atoms. The number of piperazine rings is 1. The monoisotopic (exact) mass is 620 g/mol. The smallest absolute Gasteiger partial charge is 0.217 e. The molecule has 0 spiro atoms. The number of nitrogens with one attached hydrogen (secondary N) is 1. The van der Waals surface area contributed by atoms with Crippen LogP contribution in [0.3, 0.4) is 0 Å². The van der Waals surface area contributed by atoms with E-state index >= 15 is 4.39 Å². The maximum atomic E-state index is 15.3. The first-order valence-electron chi connectivity index (χ1n) is 14.6. The number of hydrogen-bond donors (Lipinski definition) is 1. The summed E-state index contributed by atoms with van der Waals surface area (Å²) in [4.78, 5) is 13.5. The second kappa shape index (κ2) is 12.8. The van der Waals surface area contributed by atoms with Crippen LogP contribution in [0.15, 0.2) is 67.0 Å². The number of nitrogens with zero attached hydrogens (tertiary/aromatic N) is 5. The summed E-state index contributed by atoms with van der Waals surface area (Å²) in [6, 6.07) is 12.7. The fraction of sp³-hybridized carbons (Fsp3) is 0.312. The lowest BCUT2D eigenvalue weighted by Crippen LogP contribution is -2.49. The van der Waals surface area contributed by atoms with E-state index in [4.69, 9.17) is 9.72 Å². The molecule has 2 aliphatic heterocycles. The van der Waals surface area contributed by atoms with Crippen LogP contribution in [-0.4, -0.2) is 80.9 Å². The Bertz CT molecular complexity index is 1770. The van der Waals surface area contributed by atoms with Crippen LogP contribution in [0.2, 0.25) is 0 Å². The molecule has 0 radical (unpaired) electrons. The van der Waals surface area contributed by atoms with Gasteiger partial charge in [0.2, 0.25) is 10.0 Å². The van der Waals surface area contributed by atoms with Gasteiger partial charge in [0, 0.05) is 44.8 Å². The van der Waals surface area contributed by atoms with E-state index in [2.05, 4.69) is 15.2 Å². The van der Waals surface area contributed by atoms with Crippen LogP contribution in [0.25, 0.3) is 17.0 Å². The largest absolute Gasteiger partial charge is 0.378 e. The fourth-order valence-electron chi connectivity index (χ4n) is 5.61. The van der Waals surface area contributed by atoms with Gasteiger partial charge in [0.1, 0.15) is 17.5 Å². The highest BCUT2D eigenvalue weighted by atomic mass is 32.2. The Hall–Kier alpha value is -4.13. The minimum absolute atomic E-state index is 0.150. The third-order valence-electron chi connectivity index (χ3n) is 7.97. The molecule has 12 heteroatoms. The van der Waals surface area contributed by atoms with Gasteiger partial charge >= 0.3 is 0 Å². The first kappa shape index (κ1) is 29.9. The molecule has 0 bridgehead atoms. The number of benzene rings is 2. The molecule has 2 saturated heterocycles. The molecule has 1 N–H and O–H groups in total. The minimum atomic E-state index is -3.54. The van der Waals surface area contributed by atoms with Crippen molar-refractivity contribution in [1.82, 2.24) is 14.3 Å². The molecule has 0 unspecified atom stereocenters. The average Bonchev–Trinajstić information content (AvgIpc) is 3.04. The van der Waals surface area contributed by atoms with Gasteiger partial charge in [0.25, 0.3) is 0 Å². The molecule has 4 aromatic rings. The highest BCUT2D eigenvalue weighted by Gasteiger charge is 2.28. The lowest BCUT2D eigenvalue weighted by molar-refractivity contribution is 0.122. The molecule has 9 nitrogen and oxygen atoms in total. The molecule has 2 aromatic heterocycles. The number of fused-ring (bicyclic) bond motifs is 1. The van der Waals surface area contributed by atoms with E-state index in [0.717, 1.165) is 35.6 Å². The number of sulfonamides is 1. The van der Waals surface area contributed by atoms with Crippen molar-refractivity contribution >= 4 is 49.9 Å². The molecule has 4 heterocycles. The zero-order chi connectivity index (χ0) is 30.7. The number of rotatable bonds is 8. The first-order valence-corrected chi connectivity index (χ1v) is 16.2. The second-order valence-electron chi connectivity index (χ2n) is 10.8. The van der Waals surface area contributed by atoms with Gasteiger partial charge in [-0.2, -0.15) is 4.31 Å². The molecule has 2 aromatic carbocycles. The van der Waals surface area contributed by atoms with Gasteiger partial charge in [-0.05, 0) is 42.8 Å². The van der Waals surface area contributed by atoms with Crippen molar-refractivity contribution in [3.05, 3.63) is 89.8 Å². The third kappa shape index (κ3) is 6.52. The first-order chi connectivity index (χ1) is 21.3.